The fourth-order valence-corrected chi connectivity index (χ4v) is 5.20. The predicted octanol–water partition coefficient (Wildman–Crippen LogP) is 4.74. The average molecular weight is 344 g/mol. The van der Waals surface area contributed by atoms with Gasteiger partial charge in [-0.25, -0.2) is 0 Å². The second-order valence-corrected chi connectivity index (χ2v) is 8.66. The summed E-state index contributed by atoms with van der Waals surface area (Å²) in [4.78, 5) is 14.1. The molecule has 1 aliphatic carbocycles. The highest BCUT2D eigenvalue weighted by Crippen LogP contribution is 2.46. The van der Waals surface area contributed by atoms with Gasteiger partial charge in [-0.1, -0.05) is 27.2 Å². The Labute approximate surface area is 146 Å². The topological polar surface area (TPSA) is 54.3 Å². The molecule has 0 bridgehead atoms. The van der Waals surface area contributed by atoms with Crippen molar-refractivity contribution in [1.29, 1.82) is 0 Å². The minimum absolute atomic E-state index is 0.0239. The van der Waals surface area contributed by atoms with Crippen molar-refractivity contribution >= 4 is 22.2 Å². The Bertz CT molecular complexity index is 761. The molecule has 1 aliphatic heterocycles. The smallest absolute Gasteiger partial charge is 0.256 e. The van der Waals surface area contributed by atoms with Crippen LogP contribution < -0.4 is 10.6 Å². The Morgan fingerprint density at radius 2 is 2.21 bits per heavy atom. The third-order valence-electron chi connectivity index (χ3n) is 5.89. The standard InChI is InChI=1S/C19H24N2O2S/c1-4-19(2,3)11-7-8-12-14(10-11)24-18-15(12)17(22)20-16(21-18)13-6-5-9-23-13/h5-6,9,11,16,21H,4,7-8,10H2,1-3H3,(H,20,22)/t11-,16-/m0/s1. The zero-order valence-electron chi connectivity index (χ0n) is 14.4. The van der Waals surface area contributed by atoms with E-state index in [-0.39, 0.29) is 12.1 Å². The van der Waals surface area contributed by atoms with Gasteiger partial charge in [-0.3, -0.25) is 4.79 Å². The molecule has 2 N–H and O–H groups in total. The van der Waals surface area contributed by atoms with Crippen LogP contribution in [0.2, 0.25) is 0 Å². The molecule has 0 saturated heterocycles. The lowest BCUT2D eigenvalue weighted by atomic mass is 9.69. The van der Waals surface area contributed by atoms with Crippen molar-refractivity contribution in [2.24, 2.45) is 11.3 Å². The Hall–Kier alpha value is -1.75. The van der Waals surface area contributed by atoms with Crippen LogP contribution in [0.4, 0.5) is 5.00 Å². The Balaban J connectivity index is 1.64. The van der Waals surface area contributed by atoms with E-state index in [0.717, 1.165) is 29.2 Å². The van der Waals surface area contributed by atoms with Crippen molar-refractivity contribution in [3.63, 3.8) is 0 Å². The molecule has 2 aromatic rings. The fourth-order valence-electron chi connectivity index (χ4n) is 3.85. The van der Waals surface area contributed by atoms with E-state index in [1.54, 1.807) is 17.6 Å². The van der Waals surface area contributed by atoms with Crippen molar-refractivity contribution in [3.05, 3.63) is 40.2 Å². The lowest BCUT2D eigenvalue weighted by molar-refractivity contribution is 0.0930. The van der Waals surface area contributed by atoms with Gasteiger partial charge >= 0.3 is 0 Å². The summed E-state index contributed by atoms with van der Waals surface area (Å²) in [5.41, 5.74) is 2.49. The number of hydrogen-bond acceptors (Lipinski definition) is 4. The Kier molecular flexibility index (Phi) is 3.71. The number of furan rings is 1. The molecule has 0 radical (unpaired) electrons. The molecule has 4 rings (SSSR count). The molecule has 0 aromatic carbocycles. The highest BCUT2D eigenvalue weighted by Gasteiger charge is 2.37. The van der Waals surface area contributed by atoms with E-state index in [2.05, 4.69) is 31.4 Å². The molecule has 3 heterocycles. The number of fused-ring (bicyclic) bond motifs is 3. The third kappa shape index (κ3) is 2.46. The van der Waals surface area contributed by atoms with E-state index in [0.29, 0.717) is 11.3 Å². The number of hydrogen-bond donors (Lipinski definition) is 2. The summed E-state index contributed by atoms with van der Waals surface area (Å²) >= 11 is 1.76. The van der Waals surface area contributed by atoms with Crippen molar-refractivity contribution in [2.75, 3.05) is 5.32 Å². The molecule has 0 saturated carbocycles. The van der Waals surface area contributed by atoms with Crippen LogP contribution in [0.25, 0.3) is 0 Å². The molecule has 128 valence electrons. The fraction of sp³-hybridized carbons (Fsp3) is 0.526. The molecule has 5 heteroatoms. The van der Waals surface area contributed by atoms with E-state index in [9.17, 15) is 4.79 Å². The predicted molar refractivity (Wildman–Crippen MR) is 96.4 cm³/mol. The van der Waals surface area contributed by atoms with Gasteiger partial charge in [0.1, 0.15) is 10.8 Å². The second-order valence-electron chi connectivity index (χ2n) is 7.56. The first kappa shape index (κ1) is 15.8. The van der Waals surface area contributed by atoms with E-state index < -0.39 is 0 Å². The quantitative estimate of drug-likeness (QED) is 0.846. The number of anilines is 1. The first-order valence-electron chi connectivity index (χ1n) is 8.75. The van der Waals surface area contributed by atoms with Crippen molar-refractivity contribution < 1.29 is 9.21 Å². The van der Waals surface area contributed by atoms with Crippen LogP contribution in [0.3, 0.4) is 0 Å². The summed E-state index contributed by atoms with van der Waals surface area (Å²) in [6.45, 7) is 7.01. The molecular weight excluding hydrogens is 320 g/mol. The molecule has 2 aromatic heterocycles. The van der Waals surface area contributed by atoms with Gasteiger partial charge in [-0.15, -0.1) is 11.3 Å². The van der Waals surface area contributed by atoms with E-state index in [1.807, 2.05) is 12.1 Å². The number of carbonyl (C=O) groups is 1. The van der Waals surface area contributed by atoms with Gasteiger partial charge in [0, 0.05) is 4.88 Å². The van der Waals surface area contributed by atoms with Crippen LogP contribution in [0.5, 0.6) is 0 Å². The summed E-state index contributed by atoms with van der Waals surface area (Å²) in [6, 6.07) is 3.73. The summed E-state index contributed by atoms with van der Waals surface area (Å²) in [6.07, 6.45) is 5.83. The van der Waals surface area contributed by atoms with Crippen LogP contribution in [-0.4, -0.2) is 5.91 Å². The van der Waals surface area contributed by atoms with Crippen LogP contribution in [-0.2, 0) is 12.8 Å². The first-order valence-corrected chi connectivity index (χ1v) is 9.56. The second kappa shape index (κ2) is 5.66. The minimum atomic E-state index is -0.275. The molecular formula is C19H24N2O2S. The summed E-state index contributed by atoms with van der Waals surface area (Å²) in [5.74, 6) is 1.46. The maximum Gasteiger partial charge on any atom is 0.256 e. The van der Waals surface area contributed by atoms with Gasteiger partial charge < -0.3 is 15.1 Å². The number of nitrogens with one attached hydrogen (secondary N) is 2. The molecule has 2 atom stereocenters. The van der Waals surface area contributed by atoms with Gasteiger partial charge in [-0.2, -0.15) is 0 Å². The van der Waals surface area contributed by atoms with Crippen LogP contribution in [0, 0.1) is 11.3 Å². The van der Waals surface area contributed by atoms with Gasteiger partial charge in [0.25, 0.3) is 5.91 Å². The Morgan fingerprint density at radius 3 is 2.92 bits per heavy atom. The van der Waals surface area contributed by atoms with E-state index in [1.165, 1.54) is 23.3 Å². The molecule has 1 amide bonds. The SMILES string of the molecule is CCC(C)(C)[C@H]1CCc2c(sc3c2C(=O)N[C@H](c2ccco2)N3)C1. The maximum atomic E-state index is 12.7. The lowest BCUT2D eigenvalue weighted by Crippen LogP contribution is -2.38. The van der Waals surface area contributed by atoms with Crippen molar-refractivity contribution in [3.8, 4) is 0 Å². The van der Waals surface area contributed by atoms with Crippen LogP contribution in [0.1, 0.15) is 66.3 Å². The third-order valence-corrected chi connectivity index (χ3v) is 7.07. The average Bonchev–Trinajstić information content (AvgIpc) is 3.21. The number of carbonyl (C=O) groups excluding carboxylic acids is 1. The molecule has 4 nitrogen and oxygen atoms in total. The maximum absolute atomic E-state index is 12.7. The monoisotopic (exact) mass is 344 g/mol. The van der Waals surface area contributed by atoms with Gasteiger partial charge in [0.2, 0.25) is 0 Å². The molecule has 0 fully saturated rings. The summed E-state index contributed by atoms with van der Waals surface area (Å²) in [5, 5.41) is 7.47. The highest BCUT2D eigenvalue weighted by atomic mass is 32.1. The highest BCUT2D eigenvalue weighted by molar-refractivity contribution is 7.16. The largest absolute Gasteiger partial charge is 0.465 e. The summed E-state index contributed by atoms with van der Waals surface area (Å²) in [7, 11) is 0. The zero-order valence-corrected chi connectivity index (χ0v) is 15.3. The summed E-state index contributed by atoms with van der Waals surface area (Å²) < 4.78 is 5.44. The molecule has 24 heavy (non-hydrogen) atoms. The Morgan fingerprint density at radius 1 is 1.38 bits per heavy atom. The van der Waals surface area contributed by atoms with Gasteiger partial charge in [-0.05, 0) is 48.3 Å². The molecule has 0 unspecified atom stereocenters. The minimum Gasteiger partial charge on any atom is -0.465 e. The van der Waals surface area contributed by atoms with Crippen LogP contribution >= 0.6 is 11.3 Å². The lowest BCUT2D eigenvalue weighted by Gasteiger charge is -2.36. The normalized spacial score (nSPS) is 23.2. The first-order chi connectivity index (χ1) is 11.5. The number of amides is 1. The molecule has 0 spiro atoms. The van der Waals surface area contributed by atoms with Crippen molar-refractivity contribution in [1.82, 2.24) is 5.32 Å². The van der Waals surface area contributed by atoms with Crippen LogP contribution in [0.15, 0.2) is 22.8 Å². The molecule has 2 aliphatic rings. The van der Waals surface area contributed by atoms with Crippen molar-refractivity contribution in [2.45, 2.75) is 52.6 Å². The van der Waals surface area contributed by atoms with E-state index >= 15 is 0 Å². The van der Waals surface area contributed by atoms with Gasteiger partial charge in [0.15, 0.2) is 6.17 Å². The van der Waals surface area contributed by atoms with Gasteiger partial charge in [0.05, 0.1) is 11.8 Å². The van der Waals surface area contributed by atoms with E-state index in [4.69, 9.17) is 4.42 Å². The zero-order chi connectivity index (χ0) is 16.9. The number of rotatable bonds is 3. The number of thiophene rings is 1.